The summed E-state index contributed by atoms with van der Waals surface area (Å²) in [5.74, 6) is -1.16. The maximum absolute atomic E-state index is 4.96. The normalized spacial score (nSPS) is 11.2. The molecule has 66 valence electrons. The fourth-order valence-corrected chi connectivity index (χ4v) is 0.635. The van der Waals surface area contributed by atoms with E-state index in [-0.39, 0.29) is 6.61 Å². The Labute approximate surface area is 66.7 Å². The number of methoxy groups -OCH3 is 3. The monoisotopic (exact) mass is 162 g/mol. The molecule has 0 saturated carbocycles. The predicted octanol–water partition coefficient (Wildman–Crippen LogP) is 0.739. The van der Waals surface area contributed by atoms with Crippen LogP contribution in [0.2, 0.25) is 0 Å². The van der Waals surface area contributed by atoms with E-state index >= 15 is 0 Å². The van der Waals surface area contributed by atoms with Crippen molar-refractivity contribution in [3.8, 4) is 0 Å². The third kappa shape index (κ3) is 2.88. The van der Waals surface area contributed by atoms with Gasteiger partial charge in [-0.25, -0.2) is 0 Å². The summed E-state index contributed by atoms with van der Waals surface area (Å²) in [7, 11) is 4.46. The lowest BCUT2D eigenvalue weighted by atomic mass is 10.6. The Bertz CT molecular complexity index is 109. The Morgan fingerprint density at radius 2 is 1.82 bits per heavy atom. The zero-order chi connectivity index (χ0) is 8.74. The van der Waals surface area contributed by atoms with Gasteiger partial charge in [0.25, 0.3) is 0 Å². The average molecular weight is 162 g/mol. The Hall–Kier alpha value is -0.580. The highest BCUT2D eigenvalue weighted by atomic mass is 16.9. The molecule has 0 aromatic carbocycles. The first-order valence-corrected chi connectivity index (χ1v) is 3.12. The van der Waals surface area contributed by atoms with E-state index in [1.54, 1.807) is 0 Å². The summed E-state index contributed by atoms with van der Waals surface area (Å²) in [5, 5.41) is 0. The molecule has 4 nitrogen and oxygen atoms in total. The van der Waals surface area contributed by atoms with Gasteiger partial charge in [0, 0.05) is 21.3 Å². The smallest absolute Gasteiger partial charge is 0.350 e. The summed E-state index contributed by atoms with van der Waals surface area (Å²) in [6, 6.07) is 0. The van der Waals surface area contributed by atoms with Crippen LogP contribution in [0.5, 0.6) is 0 Å². The highest BCUT2D eigenvalue weighted by molar-refractivity contribution is 4.60. The molecule has 0 atom stereocenters. The molecular weight excluding hydrogens is 148 g/mol. The maximum Gasteiger partial charge on any atom is 0.350 e. The van der Waals surface area contributed by atoms with Crippen molar-refractivity contribution in [1.29, 1.82) is 0 Å². The van der Waals surface area contributed by atoms with Crippen molar-refractivity contribution in [3.63, 3.8) is 0 Å². The molecule has 11 heavy (non-hydrogen) atoms. The second-order valence-electron chi connectivity index (χ2n) is 1.81. The van der Waals surface area contributed by atoms with Crippen LogP contribution in [0, 0.1) is 0 Å². The molecular formula is C7H14O4. The van der Waals surface area contributed by atoms with Crippen LogP contribution in [0.1, 0.15) is 0 Å². The lowest BCUT2D eigenvalue weighted by molar-refractivity contribution is -0.355. The van der Waals surface area contributed by atoms with Crippen molar-refractivity contribution >= 4 is 0 Å². The van der Waals surface area contributed by atoms with Crippen molar-refractivity contribution in [1.82, 2.24) is 0 Å². The van der Waals surface area contributed by atoms with Gasteiger partial charge in [-0.15, -0.1) is 0 Å². The Balaban J connectivity index is 4.06. The van der Waals surface area contributed by atoms with Gasteiger partial charge < -0.3 is 18.9 Å². The number of hydrogen-bond acceptors (Lipinski definition) is 4. The molecule has 0 rings (SSSR count). The van der Waals surface area contributed by atoms with E-state index in [1.165, 1.54) is 27.6 Å². The van der Waals surface area contributed by atoms with Crippen LogP contribution in [-0.2, 0) is 18.9 Å². The molecule has 0 N–H and O–H groups in total. The SMILES string of the molecule is C=COC(COC)(OC)OC. The predicted molar refractivity (Wildman–Crippen MR) is 39.9 cm³/mol. The molecule has 0 spiro atoms. The van der Waals surface area contributed by atoms with Gasteiger partial charge in [0.1, 0.15) is 6.61 Å². The minimum atomic E-state index is -1.16. The minimum absolute atomic E-state index is 0.187. The van der Waals surface area contributed by atoms with Gasteiger partial charge in [-0.2, -0.15) is 0 Å². The van der Waals surface area contributed by atoms with Crippen LogP contribution in [0.25, 0.3) is 0 Å². The summed E-state index contributed by atoms with van der Waals surface area (Å²) < 4.78 is 19.6. The number of ether oxygens (including phenoxy) is 4. The van der Waals surface area contributed by atoms with Gasteiger partial charge in [-0.3, -0.25) is 0 Å². The first-order chi connectivity index (χ1) is 5.24. The fraction of sp³-hybridized carbons (Fsp3) is 0.714. The standard InChI is InChI=1S/C7H14O4/c1-5-11-7(9-3,10-4)6-8-2/h5H,1,6H2,2-4H3. The van der Waals surface area contributed by atoms with E-state index < -0.39 is 5.97 Å². The van der Waals surface area contributed by atoms with Crippen LogP contribution in [-0.4, -0.2) is 33.9 Å². The van der Waals surface area contributed by atoms with Gasteiger partial charge in [0.15, 0.2) is 0 Å². The quantitative estimate of drug-likeness (QED) is 0.426. The summed E-state index contributed by atoms with van der Waals surface area (Å²) in [4.78, 5) is 0. The molecule has 0 aliphatic heterocycles. The number of rotatable bonds is 6. The van der Waals surface area contributed by atoms with Gasteiger partial charge in [0.2, 0.25) is 0 Å². The lowest BCUT2D eigenvalue weighted by Gasteiger charge is -2.27. The van der Waals surface area contributed by atoms with Crippen molar-refractivity contribution < 1.29 is 18.9 Å². The molecule has 0 aliphatic carbocycles. The van der Waals surface area contributed by atoms with Crippen LogP contribution in [0.3, 0.4) is 0 Å². The summed E-state index contributed by atoms with van der Waals surface area (Å²) in [6.45, 7) is 3.57. The second-order valence-corrected chi connectivity index (χ2v) is 1.81. The van der Waals surface area contributed by atoms with E-state index in [4.69, 9.17) is 18.9 Å². The third-order valence-corrected chi connectivity index (χ3v) is 1.21. The van der Waals surface area contributed by atoms with E-state index in [1.807, 2.05) is 0 Å². The Morgan fingerprint density at radius 3 is 2.09 bits per heavy atom. The van der Waals surface area contributed by atoms with Crippen LogP contribution in [0.4, 0.5) is 0 Å². The zero-order valence-corrected chi connectivity index (χ0v) is 7.12. The largest absolute Gasteiger partial charge is 0.446 e. The molecule has 0 fully saturated rings. The Kier molecular flexibility index (Phi) is 4.85. The first-order valence-electron chi connectivity index (χ1n) is 3.12. The fourth-order valence-electron chi connectivity index (χ4n) is 0.635. The van der Waals surface area contributed by atoms with Crippen LogP contribution < -0.4 is 0 Å². The molecule has 4 heteroatoms. The van der Waals surface area contributed by atoms with E-state index in [2.05, 4.69) is 6.58 Å². The lowest BCUT2D eigenvalue weighted by Crippen LogP contribution is -2.40. The van der Waals surface area contributed by atoms with E-state index in [9.17, 15) is 0 Å². The van der Waals surface area contributed by atoms with E-state index in [0.717, 1.165) is 0 Å². The summed E-state index contributed by atoms with van der Waals surface area (Å²) in [6.07, 6.45) is 1.24. The highest BCUT2D eigenvalue weighted by Crippen LogP contribution is 2.13. The van der Waals surface area contributed by atoms with Crippen LogP contribution >= 0.6 is 0 Å². The van der Waals surface area contributed by atoms with Crippen LogP contribution in [0.15, 0.2) is 12.8 Å². The molecule has 0 aliphatic rings. The highest BCUT2D eigenvalue weighted by Gasteiger charge is 2.30. The van der Waals surface area contributed by atoms with Gasteiger partial charge in [-0.1, -0.05) is 6.58 Å². The average Bonchev–Trinajstić information content (AvgIpc) is 2.04. The van der Waals surface area contributed by atoms with Crippen molar-refractivity contribution in [2.45, 2.75) is 5.97 Å². The van der Waals surface area contributed by atoms with Gasteiger partial charge in [0.05, 0.1) is 6.26 Å². The van der Waals surface area contributed by atoms with Crippen molar-refractivity contribution in [3.05, 3.63) is 12.8 Å². The summed E-state index contributed by atoms with van der Waals surface area (Å²) in [5.41, 5.74) is 0. The van der Waals surface area contributed by atoms with Gasteiger partial charge in [-0.05, 0) is 0 Å². The molecule has 0 saturated heterocycles. The molecule has 0 bridgehead atoms. The molecule has 0 radical (unpaired) electrons. The Morgan fingerprint density at radius 1 is 1.27 bits per heavy atom. The second kappa shape index (κ2) is 5.12. The molecule has 0 aromatic rings. The molecule has 0 amide bonds. The molecule has 0 heterocycles. The van der Waals surface area contributed by atoms with E-state index in [0.29, 0.717) is 0 Å². The third-order valence-electron chi connectivity index (χ3n) is 1.21. The van der Waals surface area contributed by atoms with Crippen molar-refractivity contribution in [2.75, 3.05) is 27.9 Å². The molecule has 0 unspecified atom stereocenters. The minimum Gasteiger partial charge on any atom is -0.446 e. The van der Waals surface area contributed by atoms with Crippen molar-refractivity contribution in [2.24, 2.45) is 0 Å². The zero-order valence-electron chi connectivity index (χ0n) is 7.12. The maximum atomic E-state index is 4.96. The first kappa shape index (κ1) is 10.4. The molecule has 0 aromatic heterocycles. The van der Waals surface area contributed by atoms with Gasteiger partial charge >= 0.3 is 5.97 Å². The summed E-state index contributed by atoms with van der Waals surface area (Å²) >= 11 is 0. The number of hydrogen-bond donors (Lipinski definition) is 0. The topological polar surface area (TPSA) is 36.9 Å².